The van der Waals surface area contributed by atoms with E-state index in [1.165, 1.54) is 19.3 Å². The Hall–Kier alpha value is -0.570. The summed E-state index contributed by atoms with van der Waals surface area (Å²) in [7, 11) is 0. The van der Waals surface area contributed by atoms with Gasteiger partial charge in [0, 0.05) is 12.6 Å². The molecule has 1 unspecified atom stereocenters. The highest BCUT2D eigenvalue weighted by molar-refractivity contribution is 5.78. The monoisotopic (exact) mass is 240 g/mol. The van der Waals surface area contributed by atoms with Crippen LogP contribution in [0, 0.1) is 0 Å². The molecule has 0 aromatic rings. The Morgan fingerprint density at radius 3 is 2.41 bits per heavy atom. The summed E-state index contributed by atoms with van der Waals surface area (Å²) in [5, 5.41) is 0. The maximum atomic E-state index is 12.3. The van der Waals surface area contributed by atoms with Crippen molar-refractivity contribution in [3.8, 4) is 0 Å². The van der Waals surface area contributed by atoms with Crippen molar-refractivity contribution >= 4 is 5.91 Å². The third-order valence-electron chi connectivity index (χ3n) is 3.56. The number of likely N-dealkylation sites (tertiary alicyclic amines) is 1. The van der Waals surface area contributed by atoms with E-state index in [0.29, 0.717) is 18.5 Å². The first-order valence-electron chi connectivity index (χ1n) is 7.20. The zero-order chi connectivity index (χ0) is 12.7. The zero-order valence-corrected chi connectivity index (χ0v) is 11.7. The Morgan fingerprint density at radius 1 is 1.24 bits per heavy atom. The third-order valence-corrected chi connectivity index (χ3v) is 3.56. The summed E-state index contributed by atoms with van der Waals surface area (Å²) < 4.78 is 0. The fourth-order valence-electron chi connectivity index (χ4n) is 2.65. The molecule has 1 heterocycles. The molecule has 100 valence electrons. The minimum atomic E-state index is 0.333. The molecular formula is C14H28N2O. The molecule has 3 nitrogen and oxygen atoms in total. The van der Waals surface area contributed by atoms with Gasteiger partial charge >= 0.3 is 0 Å². The first-order chi connectivity index (χ1) is 8.19. The Kier molecular flexibility index (Phi) is 6.56. The Bertz CT molecular complexity index is 224. The molecule has 3 heteroatoms. The van der Waals surface area contributed by atoms with Crippen molar-refractivity contribution < 1.29 is 4.79 Å². The quantitative estimate of drug-likeness (QED) is 0.712. The number of carbonyl (C=O) groups is 1. The summed E-state index contributed by atoms with van der Waals surface area (Å²) in [5.74, 6) is 0.333. The largest absolute Gasteiger partial charge is 0.339 e. The van der Waals surface area contributed by atoms with Gasteiger partial charge in [0.2, 0.25) is 5.91 Å². The second-order valence-electron chi connectivity index (χ2n) is 5.21. The molecule has 0 aliphatic carbocycles. The van der Waals surface area contributed by atoms with Crippen LogP contribution in [0.5, 0.6) is 0 Å². The molecule has 1 rings (SSSR count). The lowest BCUT2D eigenvalue weighted by Crippen LogP contribution is -2.47. The molecule has 1 aliphatic rings. The molecule has 1 fully saturated rings. The average molecular weight is 240 g/mol. The minimum absolute atomic E-state index is 0.333. The maximum Gasteiger partial charge on any atom is 0.236 e. The van der Waals surface area contributed by atoms with E-state index in [4.69, 9.17) is 0 Å². The molecule has 0 saturated carbocycles. The number of amides is 1. The van der Waals surface area contributed by atoms with Gasteiger partial charge in [0.25, 0.3) is 0 Å². The summed E-state index contributed by atoms with van der Waals surface area (Å²) in [6.07, 6.45) is 5.88. The van der Waals surface area contributed by atoms with E-state index in [0.717, 1.165) is 32.5 Å². The zero-order valence-electron chi connectivity index (χ0n) is 11.7. The SMILES string of the molecule is CCCN(CCC)CC(=O)N1CCCCC1C. The molecule has 1 aliphatic heterocycles. The van der Waals surface area contributed by atoms with Crippen molar-refractivity contribution in [3.05, 3.63) is 0 Å². The predicted octanol–water partition coefficient (Wildman–Crippen LogP) is 2.51. The average Bonchev–Trinajstić information content (AvgIpc) is 2.30. The molecule has 0 aromatic heterocycles. The summed E-state index contributed by atoms with van der Waals surface area (Å²) in [5.41, 5.74) is 0. The van der Waals surface area contributed by atoms with Crippen molar-refractivity contribution in [3.63, 3.8) is 0 Å². The lowest BCUT2D eigenvalue weighted by Gasteiger charge is -2.35. The lowest BCUT2D eigenvalue weighted by molar-refractivity contribution is -0.135. The maximum absolute atomic E-state index is 12.3. The number of hydrogen-bond donors (Lipinski definition) is 0. The number of piperidine rings is 1. The second-order valence-corrected chi connectivity index (χ2v) is 5.21. The molecule has 0 radical (unpaired) electrons. The first kappa shape index (κ1) is 14.5. The van der Waals surface area contributed by atoms with Crippen LogP contribution in [-0.2, 0) is 4.79 Å². The van der Waals surface area contributed by atoms with Gasteiger partial charge in [-0.3, -0.25) is 9.69 Å². The van der Waals surface area contributed by atoms with E-state index in [1.54, 1.807) is 0 Å². The smallest absolute Gasteiger partial charge is 0.236 e. The highest BCUT2D eigenvalue weighted by Crippen LogP contribution is 2.16. The van der Waals surface area contributed by atoms with Crippen molar-refractivity contribution in [2.24, 2.45) is 0 Å². The number of rotatable bonds is 6. The van der Waals surface area contributed by atoms with Gasteiger partial charge in [-0.2, -0.15) is 0 Å². The summed E-state index contributed by atoms with van der Waals surface area (Å²) in [6.45, 7) is 10.2. The third kappa shape index (κ3) is 4.66. The topological polar surface area (TPSA) is 23.6 Å². The van der Waals surface area contributed by atoms with Crippen LogP contribution in [0.2, 0.25) is 0 Å². The van der Waals surface area contributed by atoms with Gasteiger partial charge in [0.1, 0.15) is 0 Å². The molecule has 17 heavy (non-hydrogen) atoms. The Labute approximate surface area is 106 Å². The highest BCUT2D eigenvalue weighted by Gasteiger charge is 2.24. The number of carbonyl (C=O) groups excluding carboxylic acids is 1. The van der Waals surface area contributed by atoms with Gasteiger partial charge in [0.05, 0.1) is 6.54 Å². The van der Waals surface area contributed by atoms with E-state index in [1.807, 2.05) is 0 Å². The second kappa shape index (κ2) is 7.70. The van der Waals surface area contributed by atoms with Crippen LogP contribution >= 0.6 is 0 Å². The number of hydrogen-bond acceptors (Lipinski definition) is 2. The Balaban J connectivity index is 2.44. The van der Waals surface area contributed by atoms with Gasteiger partial charge in [-0.05, 0) is 52.1 Å². The van der Waals surface area contributed by atoms with Gasteiger partial charge in [-0.25, -0.2) is 0 Å². The molecule has 0 spiro atoms. The standard InChI is InChI=1S/C14H28N2O/c1-4-9-15(10-5-2)12-14(17)16-11-7-6-8-13(16)3/h13H,4-12H2,1-3H3. The van der Waals surface area contributed by atoms with Gasteiger partial charge in [-0.1, -0.05) is 13.8 Å². The van der Waals surface area contributed by atoms with Crippen LogP contribution in [0.3, 0.4) is 0 Å². The molecule has 0 aromatic carbocycles. The highest BCUT2D eigenvalue weighted by atomic mass is 16.2. The van der Waals surface area contributed by atoms with E-state index >= 15 is 0 Å². The van der Waals surface area contributed by atoms with Crippen LogP contribution in [0.15, 0.2) is 0 Å². The molecule has 1 amide bonds. The normalized spacial score (nSPS) is 20.9. The molecule has 0 N–H and O–H groups in total. The van der Waals surface area contributed by atoms with E-state index in [2.05, 4.69) is 30.6 Å². The number of nitrogens with zero attached hydrogens (tertiary/aromatic N) is 2. The molecule has 0 bridgehead atoms. The van der Waals surface area contributed by atoms with Crippen LogP contribution < -0.4 is 0 Å². The van der Waals surface area contributed by atoms with Crippen LogP contribution in [0.25, 0.3) is 0 Å². The summed E-state index contributed by atoms with van der Waals surface area (Å²) >= 11 is 0. The van der Waals surface area contributed by atoms with Crippen molar-refractivity contribution in [2.75, 3.05) is 26.2 Å². The summed E-state index contributed by atoms with van der Waals surface area (Å²) in [4.78, 5) is 16.6. The van der Waals surface area contributed by atoms with E-state index in [9.17, 15) is 4.79 Å². The van der Waals surface area contributed by atoms with Crippen molar-refractivity contribution in [2.45, 2.75) is 58.9 Å². The first-order valence-corrected chi connectivity index (χ1v) is 7.20. The molecular weight excluding hydrogens is 212 g/mol. The lowest BCUT2D eigenvalue weighted by atomic mass is 10.0. The van der Waals surface area contributed by atoms with Crippen molar-refractivity contribution in [1.82, 2.24) is 9.80 Å². The van der Waals surface area contributed by atoms with E-state index < -0.39 is 0 Å². The van der Waals surface area contributed by atoms with Gasteiger partial charge in [0.15, 0.2) is 0 Å². The van der Waals surface area contributed by atoms with Crippen LogP contribution in [0.4, 0.5) is 0 Å². The summed E-state index contributed by atoms with van der Waals surface area (Å²) in [6, 6.07) is 0.446. The molecule has 1 saturated heterocycles. The fraction of sp³-hybridized carbons (Fsp3) is 0.929. The van der Waals surface area contributed by atoms with Crippen molar-refractivity contribution in [1.29, 1.82) is 0 Å². The Morgan fingerprint density at radius 2 is 1.88 bits per heavy atom. The van der Waals surface area contributed by atoms with Crippen LogP contribution in [0.1, 0.15) is 52.9 Å². The van der Waals surface area contributed by atoms with E-state index in [-0.39, 0.29) is 0 Å². The fourth-order valence-corrected chi connectivity index (χ4v) is 2.65. The van der Waals surface area contributed by atoms with Gasteiger partial charge < -0.3 is 4.90 Å². The minimum Gasteiger partial charge on any atom is -0.339 e. The molecule has 1 atom stereocenters. The predicted molar refractivity (Wildman–Crippen MR) is 72.0 cm³/mol. The van der Waals surface area contributed by atoms with Crippen LogP contribution in [-0.4, -0.2) is 47.9 Å². The van der Waals surface area contributed by atoms with Gasteiger partial charge in [-0.15, -0.1) is 0 Å².